The molecule has 190 valence electrons. The summed E-state index contributed by atoms with van der Waals surface area (Å²) in [5.74, 6) is 0.385. The summed E-state index contributed by atoms with van der Waals surface area (Å²) in [4.78, 5) is 23.6. The van der Waals surface area contributed by atoms with E-state index in [1.54, 1.807) is 0 Å². The molecule has 3 N–H and O–H groups in total. The molecule has 0 amide bonds. The quantitative estimate of drug-likeness (QED) is 0.424. The van der Waals surface area contributed by atoms with Crippen LogP contribution in [0.4, 0.5) is 5.82 Å². The minimum Gasteiger partial charge on any atom is -0.368 e. The van der Waals surface area contributed by atoms with Crippen LogP contribution in [0.1, 0.15) is 62.2 Å². The number of ether oxygens (including phenoxy) is 1. The number of nitrogens with two attached hydrogens (primary N) is 1. The van der Waals surface area contributed by atoms with Gasteiger partial charge in [0.15, 0.2) is 0 Å². The first-order valence-electron chi connectivity index (χ1n) is 11.9. The van der Waals surface area contributed by atoms with E-state index in [-0.39, 0.29) is 30.5 Å². The van der Waals surface area contributed by atoms with E-state index < -0.39 is 10.3 Å². The minimum absolute atomic E-state index is 0.0355. The Balaban J connectivity index is 1.33. The fraction of sp³-hybridized carbons (Fsp3) is 0.400. The normalized spacial score (nSPS) is 21.8. The number of nitrogens with one attached hydrogen (secondary N) is 1. The number of anilines is 1. The molecule has 0 spiro atoms. The van der Waals surface area contributed by atoms with Crippen molar-refractivity contribution in [1.29, 1.82) is 0 Å². The number of benzene rings is 1. The Hall–Kier alpha value is -2.70. The van der Waals surface area contributed by atoms with E-state index >= 15 is 0 Å². The van der Waals surface area contributed by atoms with Gasteiger partial charge < -0.3 is 10.1 Å². The van der Waals surface area contributed by atoms with Gasteiger partial charge >= 0.3 is 10.3 Å². The van der Waals surface area contributed by atoms with Gasteiger partial charge in [0.2, 0.25) is 5.78 Å². The molecule has 9 nitrogen and oxygen atoms in total. The van der Waals surface area contributed by atoms with Crippen molar-refractivity contribution in [3.05, 3.63) is 74.9 Å². The van der Waals surface area contributed by atoms with Gasteiger partial charge in [-0.1, -0.05) is 24.3 Å². The van der Waals surface area contributed by atoms with Gasteiger partial charge in [-0.25, -0.2) is 15.1 Å². The maximum absolute atomic E-state index is 13.6. The molecule has 1 aliphatic carbocycles. The van der Waals surface area contributed by atoms with Crippen molar-refractivity contribution in [3.8, 4) is 0 Å². The Morgan fingerprint density at radius 1 is 1.28 bits per heavy atom. The molecule has 0 saturated heterocycles. The number of carbonyl (C=O) groups is 1. The van der Waals surface area contributed by atoms with Gasteiger partial charge in [0, 0.05) is 17.1 Å². The van der Waals surface area contributed by atoms with Crippen LogP contribution in [0.15, 0.2) is 42.9 Å². The number of carbonyl (C=O) groups excluding carboxylic acids is 1. The van der Waals surface area contributed by atoms with Crippen molar-refractivity contribution < 1.29 is 22.1 Å². The first kappa shape index (κ1) is 25.0. The number of hydrogen-bond donors (Lipinski definition) is 2. The maximum Gasteiger partial charge on any atom is 0.333 e. The van der Waals surface area contributed by atoms with Crippen LogP contribution in [-0.4, -0.2) is 43.4 Å². The van der Waals surface area contributed by atoms with E-state index in [4.69, 9.17) is 14.1 Å². The number of aromatic nitrogens is 2. The Morgan fingerprint density at radius 3 is 2.94 bits per heavy atom. The third kappa shape index (κ3) is 5.50. The number of rotatable bonds is 8. The molecular formula is C25H28N4O5S2. The fourth-order valence-electron chi connectivity index (χ4n) is 5.01. The van der Waals surface area contributed by atoms with Crippen LogP contribution >= 0.6 is 11.3 Å². The molecule has 2 aliphatic rings. The van der Waals surface area contributed by atoms with Crippen LogP contribution in [-0.2, 0) is 25.6 Å². The molecule has 0 radical (unpaired) electrons. The molecular weight excluding hydrogens is 500 g/mol. The standard InChI is InChI=1S/C25H28N4O5S2/c1-15-20(24-19-5-3-2-4-17(19)8-9-33-24)11-22(35-15)23(30)21-12-27-14-28-25(21)29-18-7-6-16(10-18)13-34-36(26,31)32/h2-5,11-12,14,16,18,24H,6-10,13H2,1H3,(H2,26,31,32)(H,27,28,29)/t16-,18+,24?/m1/s1. The number of ketones is 1. The zero-order chi connectivity index (χ0) is 25.3. The van der Waals surface area contributed by atoms with Crippen molar-refractivity contribution in [2.45, 2.75) is 44.8 Å². The molecule has 36 heavy (non-hydrogen) atoms. The molecule has 0 bridgehead atoms. The molecule has 1 aromatic carbocycles. The van der Waals surface area contributed by atoms with Crippen molar-refractivity contribution >= 4 is 33.2 Å². The zero-order valence-electron chi connectivity index (χ0n) is 19.8. The van der Waals surface area contributed by atoms with E-state index in [0.29, 0.717) is 29.3 Å². The Bertz CT molecular complexity index is 1370. The lowest BCUT2D eigenvalue weighted by atomic mass is 9.93. The van der Waals surface area contributed by atoms with E-state index in [1.165, 1.54) is 29.4 Å². The van der Waals surface area contributed by atoms with Gasteiger partial charge in [-0.05, 0) is 61.3 Å². The highest BCUT2D eigenvalue weighted by Crippen LogP contribution is 2.38. The van der Waals surface area contributed by atoms with Crippen LogP contribution in [0.25, 0.3) is 0 Å². The van der Waals surface area contributed by atoms with Gasteiger partial charge in [-0.2, -0.15) is 8.42 Å². The van der Waals surface area contributed by atoms with E-state index in [0.717, 1.165) is 35.3 Å². The highest BCUT2D eigenvalue weighted by atomic mass is 32.2. The predicted octanol–water partition coefficient (Wildman–Crippen LogP) is 3.54. The van der Waals surface area contributed by atoms with Crippen molar-refractivity contribution in [1.82, 2.24) is 9.97 Å². The molecule has 1 aliphatic heterocycles. The van der Waals surface area contributed by atoms with Crippen molar-refractivity contribution in [2.75, 3.05) is 18.5 Å². The van der Waals surface area contributed by atoms with Crippen LogP contribution in [0.2, 0.25) is 0 Å². The highest BCUT2D eigenvalue weighted by molar-refractivity contribution is 7.84. The SMILES string of the molecule is Cc1sc(C(=O)c2cncnc2N[C@H]2CC[C@@H](COS(N)(=O)=O)C2)cc1C1OCCc2ccccc21. The summed E-state index contributed by atoms with van der Waals surface area (Å²) in [5, 5.41) is 8.29. The molecule has 1 fully saturated rings. The van der Waals surface area contributed by atoms with Gasteiger partial charge in [-0.15, -0.1) is 11.3 Å². The van der Waals surface area contributed by atoms with Crippen molar-refractivity contribution in [2.24, 2.45) is 11.1 Å². The Kier molecular flexibility index (Phi) is 7.18. The summed E-state index contributed by atoms with van der Waals surface area (Å²) in [6.45, 7) is 2.71. The Morgan fingerprint density at radius 2 is 2.11 bits per heavy atom. The third-order valence-electron chi connectivity index (χ3n) is 6.76. The molecule has 1 unspecified atom stereocenters. The summed E-state index contributed by atoms with van der Waals surface area (Å²) in [7, 11) is -3.96. The lowest BCUT2D eigenvalue weighted by molar-refractivity contribution is 0.0697. The minimum atomic E-state index is -3.96. The summed E-state index contributed by atoms with van der Waals surface area (Å²) >= 11 is 1.45. The smallest absolute Gasteiger partial charge is 0.333 e. The van der Waals surface area contributed by atoms with Gasteiger partial charge in [0.25, 0.3) is 0 Å². The maximum atomic E-state index is 13.6. The largest absolute Gasteiger partial charge is 0.368 e. The monoisotopic (exact) mass is 528 g/mol. The zero-order valence-corrected chi connectivity index (χ0v) is 21.5. The average Bonchev–Trinajstić information content (AvgIpc) is 3.48. The molecule has 2 aromatic heterocycles. The predicted molar refractivity (Wildman–Crippen MR) is 136 cm³/mol. The van der Waals surface area contributed by atoms with Gasteiger partial charge in [0.1, 0.15) is 18.2 Å². The first-order chi connectivity index (χ1) is 17.3. The molecule has 3 aromatic rings. The summed E-state index contributed by atoms with van der Waals surface area (Å²) in [5.41, 5.74) is 3.84. The molecule has 5 rings (SSSR count). The summed E-state index contributed by atoms with van der Waals surface area (Å²) < 4.78 is 33.0. The molecule has 1 saturated carbocycles. The lowest BCUT2D eigenvalue weighted by Gasteiger charge is -2.26. The van der Waals surface area contributed by atoms with Gasteiger partial charge in [0.05, 0.1) is 23.7 Å². The topological polar surface area (TPSA) is 133 Å². The highest BCUT2D eigenvalue weighted by Gasteiger charge is 2.29. The second-order valence-corrected chi connectivity index (χ2v) is 11.7. The number of nitrogens with zero attached hydrogens (tertiary/aromatic N) is 2. The van der Waals surface area contributed by atoms with E-state index in [9.17, 15) is 13.2 Å². The number of aryl methyl sites for hydroxylation is 1. The Labute approximate surface area is 214 Å². The van der Waals surface area contributed by atoms with Crippen LogP contribution in [0.3, 0.4) is 0 Å². The van der Waals surface area contributed by atoms with E-state index in [2.05, 4.69) is 27.4 Å². The molecule has 11 heteroatoms. The lowest BCUT2D eigenvalue weighted by Crippen LogP contribution is -2.22. The van der Waals surface area contributed by atoms with E-state index in [1.807, 2.05) is 25.1 Å². The average molecular weight is 529 g/mol. The second kappa shape index (κ2) is 10.3. The first-order valence-corrected chi connectivity index (χ1v) is 14.2. The van der Waals surface area contributed by atoms with Crippen LogP contribution in [0, 0.1) is 12.8 Å². The molecule has 3 atom stereocenters. The van der Waals surface area contributed by atoms with Crippen molar-refractivity contribution in [3.63, 3.8) is 0 Å². The van der Waals surface area contributed by atoms with Crippen LogP contribution in [0.5, 0.6) is 0 Å². The third-order valence-corrected chi connectivity index (χ3v) is 8.29. The fourth-order valence-corrected chi connectivity index (χ4v) is 6.39. The summed E-state index contributed by atoms with van der Waals surface area (Å²) in [6.07, 6.45) is 5.92. The number of thiophene rings is 1. The number of hydrogen-bond acceptors (Lipinski definition) is 9. The second-order valence-electron chi connectivity index (χ2n) is 9.23. The number of fused-ring (bicyclic) bond motifs is 1. The summed E-state index contributed by atoms with van der Waals surface area (Å²) in [6, 6.07) is 10.2. The van der Waals surface area contributed by atoms with Gasteiger partial charge in [-0.3, -0.25) is 8.98 Å². The van der Waals surface area contributed by atoms with Crippen LogP contribution < -0.4 is 10.5 Å². The molecule has 3 heterocycles.